The quantitative estimate of drug-likeness (QED) is 0.302. The normalized spacial score (nSPS) is 27.7. The van der Waals surface area contributed by atoms with Gasteiger partial charge >= 0.3 is 0 Å². The predicted octanol–water partition coefficient (Wildman–Crippen LogP) is 2.22. The van der Waals surface area contributed by atoms with Gasteiger partial charge in [0, 0.05) is 18.4 Å². The monoisotopic (exact) mass is 723 g/mol. The Morgan fingerprint density at radius 1 is 1.12 bits per heavy atom. The number of nitrogens with one attached hydrogen (secondary N) is 3. The van der Waals surface area contributed by atoms with Crippen LogP contribution in [0.2, 0.25) is 0 Å². The Morgan fingerprint density at radius 3 is 2.71 bits per heavy atom. The number of para-hydroxylation sites is 1. The number of allylic oxidation sites excluding steroid dienone is 1. The molecule has 51 heavy (non-hydrogen) atoms. The van der Waals surface area contributed by atoms with E-state index in [2.05, 4.69) is 30.5 Å². The second-order valence-electron chi connectivity index (χ2n) is 13.6. The summed E-state index contributed by atoms with van der Waals surface area (Å²) in [5.74, 6) is -3.73. The Hall–Kier alpha value is -4.93. The lowest BCUT2D eigenvalue weighted by Gasteiger charge is -2.29. The maximum atomic E-state index is 14.6. The number of rotatable bonds is 7. The molecule has 17 heteroatoms. The molecule has 2 aliphatic carbocycles. The van der Waals surface area contributed by atoms with E-state index in [1.54, 1.807) is 13.0 Å². The smallest absolute Gasteiger partial charge is 0.274 e. The van der Waals surface area contributed by atoms with E-state index in [0.717, 1.165) is 12.8 Å². The van der Waals surface area contributed by atoms with Crippen molar-refractivity contribution in [2.75, 3.05) is 6.54 Å². The molecule has 1 saturated heterocycles. The lowest BCUT2D eigenvalue weighted by molar-refractivity contribution is -0.141. The Balaban J connectivity index is 1.20. The van der Waals surface area contributed by atoms with Crippen LogP contribution in [0.25, 0.3) is 11.0 Å². The number of aromatic nitrogens is 3. The summed E-state index contributed by atoms with van der Waals surface area (Å²) in [6.45, 7) is 1.54. The number of halogens is 1. The first-order valence-electron chi connectivity index (χ1n) is 17.1. The first-order valence-corrected chi connectivity index (χ1v) is 18.7. The molecule has 270 valence electrons. The number of carbonyl (C=O) groups is 4. The molecule has 0 spiro atoms. The summed E-state index contributed by atoms with van der Waals surface area (Å²) in [5, 5.41) is 8.57. The lowest BCUT2D eigenvalue weighted by atomic mass is 10.0. The van der Waals surface area contributed by atoms with E-state index in [1.165, 1.54) is 29.4 Å². The standard InChI is InChI=1S/C34H38FN7O8S/c1-19-31(38-28-23(35)9-7-11-24(28)36-19)50-21-16-27-30(44)39-34(33(46)41-51(47,48)22-12-13-22)17-20(34)8-5-3-2-4-6-10-26(32(45)42(27)18-21)37-29(43)25-14-15-49-40-25/h5,7-9,11,14-15,20-22,26-27H,2-4,6,10,12-13,16-18H2,1H3,(H,37,43)(H,39,44)(H,41,46)/b8-5-/t20?,21-,26+,27+,34-/m1/s1. The molecule has 4 amide bonds. The molecule has 2 aromatic heterocycles. The molecule has 1 unspecified atom stereocenters. The number of fused-ring (bicyclic) bond motifs is 3. The Bertz CT molecular complexity index is 2000. The van der Waals surface area contributed by atoms with Crippen LogP contribution < -0.4 is 20.1 Å². The number of benzene rings is 1. The zero-order chi connectivity index (χ0) is 35.9. The minimum Gasteiger partial charge on any atom is -0.471 e. The topological polar surface area (TPSA) is 203 Å². The van der Waals surface area contributed by atoms with Gasteiger partial charge in [0.2, 0.25) is 27.7 Å². The van der Waals surface area contributed by atoms with Gasteiger partial charge in [0.25, 0.3) is 11.8 Å². The van der Waals surface area contributed by atoms with Crippen LogP contribution in [0, 0.1) is 18.7 Å². The van der Waals surface area contributed by atoms with Gasteiger partial charge in [0.15, 0.2) is 11.5 Å². The number of aryl methyl sites for hydroxylation is 1. The highest BCUT2D eigenvalue weighted by atomic mass is 32.2. The van der Waals surface area contributed by atoms with E-state index in [4.69, 9.17) is 9.26 Å². The van der Waals surface area contributed by atoms with Crippen molar-refractivity contribution in [1.82, 2.24) is 35.4 Å². The van der Waals surface area contributed by atoms with Gasteiger partial charge in [-0.05, 0) is 57.6 Å². The molecule has 0 radical (unpaired) electrons. The molecular formula is C34H38FN7O8S. The maximum absolute atomic E-state index is 14.6. The van der Waals surface area contributed by atoms with E-state index in [9.17, 15) is 32.0 Å². The van der Waals surface area contributed by atoms with Crippen molar-refractivity contribution in [2.24, 2.45) is 5.92 Å². The Labute approximate surface area is 292 Å². The molecule has 15 nitrogen and oxygen atoms in total. The van der Waals surface area contributed by atoms with Crippen LogP contribution in [-0.4, -0.2) is 87.6 Å². The van der Waals surface area contributed by atoms with E-state index in [1.807, 2.05) is 12.2 Å². The third kappa shape index (κ3) is 7.16. The number of ether oxygens (including phenoxy) is 1. The van der Waals surface area contributed by atoms with Crippen molar-refractivity contribution < 1.29 is 41.2 Å². The van der Waals surface area contributed by atoms with Crippen molar-refractivity contribution in [3.05, 3.63) is 59.9 Å². The van der Waals surface area contributed by atoms with Crippen LogP contribution in [0.15, 0.2) is 47.2 Å². The summed E-state index contributed by atoms with van der Waals surface area (Å²) >= 11 is 0. The Kier molecular flexibility index (Phi) is 9.24. The van der Waals surface area contributed by atoms with Gasteiger partial charge < -0.3 is 24.8 Å². The van der Waals surface area contributed by atoms with Crippen LogP contribution in [0.4, 0.5) is 4.39 Å². The first-order chi connectivity index (χ1) is 24.4. The first kappa shape index (κ1) is 34.5. The van der Waals surface area contributed by atoms with Crippen molar-refractivity contribution in [3.63, 3.8) is 0 Å². The molecule has 4 heterocycles. The fourth-order valence-electron chi connectivity index (χ4n) is 6.79. The lowest BCUT2D eigenvalue weighted by Crippen LogP contribution is -2.58. The molecule has 3 fully saturated rings. The highest BCUT2D eigenvalue weighted by Crippen LogP contribution is 2.46. The summed E-state index contributed by atoms with van der Waals surface area (Å²) < 4.78 is 53.3. The van der Waals surface area contributed by atoms with Gasteiger partial charge in [0.05, 0.1) is 17.3 Å². The number of nitrogens with zero attached hydrogens (tertiary/aromatic N) is 4. The third-order valence-electron chi connectivity index (χ3n) is 9.87. The Morgan fingerprint density at radius 2 is 1.94 bits per heavy atom. The second-order valence-corrected chi connectivity index (χ2v) is 15.6. The summed E-state index contributed by atoms with van der Waals surface area (Å²) in [6.07, 6.45) is 8.21. The largest absolute Gasteiger partial charge is 0.471 e. The van der Waals surface area contributed by atoms with E-state index in [-0.39, 0.29) is 42.9 Å². The maximum Gasteiger partial charge on any atom is 0.274 e. The third-order valence-corrected chi connectivity index (χ3v) is 11.7. The number of carbonyl (C=O) groups excluding carboxylic acids is 4. The minimum atomic E-state index is -3.91. The number of hydrogen-bond donors (Lipinski definition) is 3. The number of sulfonamides is 1. The second kappa shape index (κ2) is 13.7. The van der Waals surface area contributed by atoms with Crippen molar-refractivity contribution in [3.8, 4) is 5.88 Å². The van der Waals surface area contributed by atoms with E-state index < -0.39 is 74.4 Å². The van der Waals surface area contributed by atoms with Crippen LogP contribution in [0.3, 0.4) is 0 Å². The summed E-state index contributed by atoms with van der Waals surface area (Å²) in [7, 11) is -3.91. The number of hydrogen-bond acceptors (Lipinski definition) is 11. The zero-order valence-electron chi connectivity index (χ0n) is 27.8. The molecule has 3 N–H and O–H groups in total. The zero-order valence-corrected chi connectivity index (χ0v) is 28.7. The van der Waals surface area contributed by atoms with Crippen molar-refractivity contribution in [1.29, 1.82) is 0 Å². The van der Waals surface area contributed by atoms with E-state index in [0.29, 0.717) is 36.9 Å². The van der Waals surface area contributed by atoms with Gasteiger partial charge in [-0.3, -0.25) is 23.9 Å². The average Bonchev–Trinajstić information content (AvgIpc) is 3.95. The summed E-state index contributed by atoms with van der Waals surface area (Å²) in [4.78, 5) is 65.3. The van der Waals surface area contributed by atoms with E-state index >= 15 is 0 Å². The van der Waals surface area contributed by atoms with Crippen LogP contribution in [0.5, 0.6) is 5.88 Å². The summed E-state index contributed by atoms with van der Waals surface area (Å²) in [5.41, 5.74) is -0.864. The van der Waals surface area contributed by atoms with Gasteiger partial charge in [-0.25, -0.2) is 22.8 Å². The molecule has 2 aliphatic heterocycles. The van der Waals surface area contributed by atoms with Crippen molar-refractivity contribution in [2.45, 2.75) is 93.7 Å². The minimum absolute atomic E-state index is 0.00247. The van der Waals surface area contributed by atoms with Gasteiger partial charge in [0.1, 0.15) is 41.2 Å². The fraction of sp³-hybridized carbons (Fsp3) is 0.500. The predicted molar refractivity (Wildman–Crippen MR) is 178 cm³/mol. The summed E-state index contributed by atoms with van der Waals surface area (Å²) in [6, 6.07) is 3.53. The molecule has 0 bridgehead atoms. The van der Waals surface area contributed by atoms with Crippen LogP contribution in [0.1, 0.15) is 74.0 Å². The van der Waals surface area contributed by atoms with Crippen molar-refractivity contribution >= 4 is 44.7 Å². The number of amides is 4. The molecule has 4 aliphatic rings. The molecule has 7 rings (SSSR count). The van der Waals surface area contributed by atoms with Gasteiger partial charge in [-0.15, -0.1) is 0 Å². The molecule has 2 saturated carbocycles. The van der Waals surface area contributed by atoms with Crippen LogP contribution >= 0.6 is 0 Å². The molecule has 1 aromatic carbocycles. The van der Waals surface area contributed by atoms with Crippen LogP contribution in [-0.2, 0) is 24.4 Å². The highest BCUT2D eigenvalue weighted by Gasteiger charge is 2.62. The SMILES string of the molecule is Cc1nc2cccc(F)c2nc1O[C@@H]1C[C@H]2C(=O)N[C@]3(C(=O)NS(=O)(=O)C4CC4)CC3/C=C\CCCCC[C@H](NC(=O)c3ccon3)C(=O)N2C1. The van der Waals surface area contributed by atoms with Gasteiger partial charge in [-0.1, -0.05) is 36.2 Å². The molecule has 5 atom stereocenters. The van der Waals surface area contributed by atoms with Gasteiger partial charge in [-0.2, -0.15) is 0 Å². The fourth-order valence-corrected chi connectivity index (χ4v) is 8.16. The molecular weight excluding hydrogens is 685 g/mol. The highest BCUT2D eigenvalue weighted by molar-refractivity contribution is 7.91. The molecule has 3 aromatic rings. The average molecular weight is 724 g/mol.